The monoisotopic (exact) mass is 294 g/mol. The maximum atomic E-state index is 12.3. The highest BCUT2D eigenvalue weighted by Gasteiger charge is 2.32. The average Bonchev–Trinajstić information content (AvgIpc) is 2.44. The molecule has 2 rings (SSSR count). The van der Waals surface area contributed by atoms with Gasteiger partial charge in [0, 0.05) is 30.5 Å². The van der Waals surface area contributed by atoms with E-state index in [-0.39, 0.29) is 29.3 Å². The van der Waals surface area contributed by atoms with Crippen LogP contribution in [0.15, 0.2) is 16.9 Å². The molecule has 1 aromatic heterocycles. The third-order valence-electron chi connectivity index (χ3n) is 4.15. The highest BCUT2D eigenvalue weighted by molar-refractivity contribution is 5.76. The van der Waals surface area contributed by atoms with Crippen molar-refractivity contribution in [1.82, 2.24) is 9.88 Å². The molecule has 1 fully saturated rings. The number of amides is 1. The van der Waals surface area contributed by atoms with Gasteiger partial charge in [-0.2, -0.15) is 0 Å². The second kappa shape index (κ2) is 6.30. The minimum absolute atomic E-state index is 0.0342. The summed E-state index contributed by atoms with van der Waals surface area (Å²) in [6.45, 7) is 4.99. The lowest BCUT2D eigenvalue weighted by Gasteiger charge is -2.37. The van der Waals surface area contributed by atoms with E-state index in [1.807, 2.05) is 6.92 Å². The minimum atomic E-state index is -0.375. The van der Waals surface area contributed by atoms with Gasteiger partial charge in [0.2, 0.25) is 5.91 Å². The number of rotatable bonds is 4. The lowest BCUT2D eigenvalue weighted by molar-refractivity contribution is -0.125. The predicted molar refractivity (Wildman–Crippen MR) is 78.3 cm³/mol. The fraction of sp³-hybridized carbons (Fsp3) is 0.600. The van der Waals surface area contributed by atoms with Crippen LogP contribution in [0.4, 0.5) is 0 Å². The van der Waals surface area contributed by atoms with Gasteiger partial charge in [0.15, 0.2) is 0 Å². The molecule has 1 aliphatic heterocycles. The van der Waals surface area contributed by atoms with E-state index in [4.69, 9.17) is 4.74 Å². The van der Waals surface area contributed by atoms with Crippen molar-refractivity contribution >= 4 is 5.91 Å². The van der Waals surface area contributed by atoms with Crippen LogP contribution < -0.4 is 10.9 Å². The van der Waals surface area contributed by atoms with Crippen molar-refractivity contribution in [2.45, 2.75) is 45.2 Å². The number of aryl methyl sites for hydroxylation is 1. The number of pyridine rings is 1. The van der Waals surface area contributed by atoms with E-state index in [2.05, 4.69) is 5.32 Å². The Balaban J connectivity index is 2.10. The van der Waals surface area contributed by atoms with E-state index in [9.17, 15) is 14.7 Å². The molecule has 0 unspecified atom stereocenters. The highest BCUT2D eigenvalue weighted by atomic mass is 16.5. The lowest BCUT2D eigenvalue weighted by atomic mass is 9.87. The first-order valence-electron chi connectivity index (χ1n) is 7.25. The predicted octanol–water partition coefficient (Wildman–Crippen LogP) is 0.938. The van der Waals surface area contributed by atoms with E-state index in [1.54, 1.807) is 6.92 Å². The van der Waals surface area contributed by atoms with Crippen molar-refractivity contribution in [3.63, 3.8) is 0 Å². The lowest BCUT2D eigenvalue weighted by Crippen LogP contribution is -2.52. The number of nitrogens with zero attached hydrogens (tertiary/aromatic N) is 1. The van der Waals surface area contributed by atoms with Gasteiger partial charge in [-0.1, -0.05) is 6.92 Å². The topological polar surface area (TPSA) is 80.6 Å². The maximum absolute atomic E-state index is 12.3. The zero-order valence-corrected chi connectivity index (χ0v) is 12.5. The maximum Gasteiger partial charge on any atom is 0.254 e. The van der Waals surface area contributed by atoms with Crippen molar-refractivity contribution in [2.24, 2.45) is 0 Å². The summed E-state index contributed by atoms with van der Waals surface area (Å²) in [6, 6.07) is 2.59. The molecule has 2 N–H and O–H groups in total. The number of aromatic nitrogens is 1. The molecule has 0 spiro atoms. The van der Waals surface area contributed by atoms with Gasteiger partial charge < -0.3 is 19.7 Å². The van der Waals surface area contributed by atoms with Crippen LogP contribution in [0, 0.1) is 6.92 Å². The third-order valence-corrected chi connectivity index (χ3v) is 4.15. The molecule has 0 atom stereocenters. The molecule has 116 valence electrons. The van der Waals surface area contributed by atoms with E-state index in [0.29, 0.717) is 18.9 Å². The van der Waals surface area contributed by atoms with Gasteiger partial charge in [-0.15, -0.1) is 0 Å². The summed E-state index contributed by atoms with van der Waals surface area (Å²) < 4.78 is 6.70. The number of carbonyl (C=O) groups is 1. The van der Waals surface area contributed by atoms with E-state index in [1.165, 1.54) is 10.6 Å². The first-order chi connectivity index (χ1) is 9.96. The van der Waals surface area contributed by atoms with Crippen LogP contribution in [0.2, 0.25) is 0 Å². The largest absolute Gasteiger partial charge is 0.508 e. The highest BCUT2D eigenvalue weighted by Crippen LogP contribution is 2.24. The Morgan fingerprint density at radius 3 is 2.67 bits per heavy atom. The average molecular weight is 294 g/mol. The zero-order valence-electron chi connectivity index (χ0n) is 12.5. The Kier molecular flexibility index (Phi) is 4.67. The minimum Gasteiger partial charge on any atom is -0.508 e. The first kappa shape index (κ1) is 15.6. The SMILES string of the molecule is CCC1(NC(=O)Cn2c(C)cc(O)cc2=O)CCOCC1. The fourth-order valence-corrected chi connectivity index (χ4v) is 2.72. The Morgan fingerprint density at radius 1 is 1.43 bits per heavy atom. The summed E-state index contributed by atoms with van der Waals surface area (Å²) in [5.41, 5.74) is -0.0446. The second-order valence-electron chi connectivity index (χ2n) is 5.57. The van der Waals surface area contributed by atoms with Gasteiger partial charge in [0.1, 0.15) is 12.3 Å². The Morgan fingerprint density at radius 2 is 2.10 bits per heavy atom. The second-order valence-corrected chi connectivity index (χ2v) is 5.57. The standard InChI is InChI=1S/C15H22N2O4/c1-3-15(4-6-21-7-5-15)16-13(19)10-17-11(2)8-12(18)9-14(17)20/h8-9,18H,3-7,10H2,1-2H3,(H,16,19). The van der Waals surface area contributed by atoms with E-state index < -0.39 is 0 Å². The van der Waals surface area contributed by atoms with Crippen LogP contribution in [-0.4, -0.2) is 34.3 Å². The molecule has 1 aliphatic rings. The molecule has 1 saturated heterocycles. The summed E-state index contributed by atoms with van der Waals surface area (Å²) >= 11 is 0. The number of carbonyl (C=O) groups excluding carboxylic acids is 1. The summed E-state index contributed by atoms with van der Waals surface area (Å²) in [4.78, 5) is 24.1. The van der Waals surface area contributed by atoms with Crippen LogP contribution in [0.3, 0.4) is 0 Å². The zero-order chi connectivity index (χ0) is 15.5. The van der Waals surface area contributed by atoms with Crippen molar-refractivity contribution in [3.8, 4) is 5.75 Å². The van der Waals surface area contributed by atoms with E-state index in [0.717, 1.165) is 25.3 Å². The Labute approximate surface area is 123 Å². The molecule has 0 aliphatic carbocycles. The van der Waals surface area contributed by atoms with Crippen LogP contribution in [0.25, 0.3) is 0 Å². The number of hydrogen-bond acceptors (Lipinski definition) is 4. The Bertz CT molecular complexity index is 574. The Hall–Kier alpha value is -1.82. The van der Waals surface area contributed by atoms with Gasteiger partial charge in [-0.25, -0.2) is 0 Å². The molecule has 6 heteroatoms. The molecule has 1 amide bonds. The fourth-order valence-electron chi connectivity index (χ4n) is 2.72. The number of aromatic hydroxyl groups is 1. The summed E-state index contributed by atoms with van der Waals surface area (Å²) in [5, 5.41) is 12.4. The van der Waals surface area contributed by atoms with Crippen LogP contribution in [-0.2, 0) is 16.1 Å². The van der Waals surface area contributed by atoms with Gasteiger partial charge in [0.25, 0.3) is 5.56 Å². The van der Waals surface area contributed by atoms with Crippen LogP contribution in [0.5, 0.6) is 5.75 Å². The number of nitrogens with one attached hydrogen (secondary N) is 1. The molecule has 0 radical (unpaired) electrons. The molecule has 6 nitrogen and oxygen atoms in total. The van der Waals surface area contributed by atoms with Gasteiger partial charge >= 0.3 is 0 Å². The number of hydrogen-bond donors (Lipinski definition) is 2. The molecule has 1 aromatic rings. The third kappa shape index (κ3) is 3.64. The summed E-state index contributed by atoms with van der Waals surface area (Å²) in [6.07, 6.45) is 2.42. The molecule has 21 heavy (non-hydrogen) atoms. The van der Waals surface area contributed by atoms with Gasteiger partial charge in [0.05, 0.1) is 0 Å². The molecular weight excluding hydrogens is 272 g/mol. The molecule has 0 aromatic carbocycles. The normalized spacial score (nSPS) is 17.4. The van der Waals surface area contributed by atoms with Crippen molar-refractivity contribution in [2.75, 3.05) is 13.2 Å². The molecule has 0 bridgehead atoms. The van der Waals surface area contributed by atoms with Crippen LogP contribution >= 0.6 is 0 Å². The van der Waals surface area contributed by atoms with Crippen molar-refractivity contribution < 1.29 is 14.6 Å². The summed E-state index contributed by atoms with van der Waals surface area (Å²) in [5.74, 6) is -0.266. The molecule has 0 saturated carbocycles. The van der Waals surface area contributed by atoms with Gasteiger partial charge in [-0.05, 0) is 32.3 Å². The molecule has 2 heterocycles. The smallest absolute Gasteiger partial charge is 0.254 e. The van der Waals surface area contributed by atoms with Crippen LogP contribution in [0.1, 0.15) is 31.9 Å². The van der Waals surface area contributed by atoms with E-state index >= 15 is 0 Å². The van der Waals surface area contributed by atoms with Crippen molar-refractivity contribution in [3.05, 3.63) is 28.2 Å². The quantitative estimate of drug-likeness (QED) is 0.866. The van der Waals surface area contributed by atoms with Crippen molar-refractivity contribution in [1.29, 1.82) is 0 Å². The first-order valence-corrected chi connectivity index (χ1v) is 7.25. The van der Waals surface area contributed by atoms with Gasteiger partial charge in [-0.3, -0.25) is 9.59 Å². The number of ether oxygens (including phenoxy) is 1. The molecular formula is C15H22N2O4. The summed E-state index contributed by atoms with van der Waals surface area (Å²) in [7, 11) is 0.